The van der Waals surface area contributed by atoms with E-state index in [1.807, 2.05) is 36.4 Å². The molecule has 1 amide bonds. The number of hydrazone groups is 1. The molecule has 0 aliphatic rings. The van der Waals surface area contributed by atoms with E-state index >= 15 is 0 Å². The van der Waals surface area contributed by atoms with E-state index in [1.54, 1.807) is 18.3 Å². The van der Waals surface area contributed by atoms with Crippen LogP contribution in [0.4, 0.5) is 0 Å². The van der Waals surface area contributed by atoms with Gasteiger partial charge in [-0.25, -0.2) is 5.43 Å². The molecule has 0 aromatic heterocycles. The van der Waals surface area contributed by atoms with E-state index in [1.165, 1.54) is 12.8 Å². The molecule has 0 saturated heterocycles. The number of rotatable bonds is 10. The number of hydrogen-bond acceptors (Lipinski definition) is 4. The average Bonchev–Trinajstić information content (AvgIpc) is 2.66. The van der Waals surface area contributed by atoms with Crippen molar-refractivity contribution >= 4 is 28.1 Å². The van der Waals surface area contributed by atoms with Crippen molar-refractivity contribution < 1.29 is 14.3 Å². The third-order valence-corrected chi connectivity index (χ3v) is 4.01. The molecule has 0 fully saturated rings. The molecule has 6 heteroatoms. The second-order valence-corrected chi connectivity index (χ2v) is 6.58. The van der Waals surface area contributed by atoms with Crippen molar-refractivity contribution in [3.05, 3.63) is 58.6 Å². The topological polar surface area (TPSA) is 59.9 Å². The Bertz CT molecular complexity index is 700. The number of amides is 1. The fourth-order valence-corrected chi connectivity index (χ4v) is 2.35. The summed E-state index contributed by atoms with van der Waals surface area (Å²) in [6.07, 6.45) is 5.00. The molecule has 2 aromatic rings. The number of carbonyl (C=O) groups is 1. The number of nitrogens with zero attached hydrogens (tertiary/aromatic N) is 1. The van der Waals surface area contributed by atoms with E-state index in [9.17, 15) is 4.79 Å². The first-order valence-electron chi connectivity index (χ1n) is 8.60. The van der Waals surface area contributed by atoms with Gasteiger partial charge in [-0.1, -0.05) is 35.7 Å². The zero-order valence-electron chi connectivity index (χ0n) is 14.8. The standard InChI is InChI=1S/C20H23BrN2O3/c1-2-3-4-13-25-18-9-5-16(6-10-18)14-22-23-20(24)15-26-19-11-7-17(21)8-12-19/h5-12,14H,2-4,13,15H2,1H3,(H,23,24)/b22-14+. The first-order chi connectivity index (χ1) is 12.7. The van der Waals surface area contributed by atoms with E-state index in [-0.39, 0.29) is 12.5 Å². The summed E-state index contributed by atoms with van der Waals surface area (Å²) in [7, 11) is 0. The zero-order chi connectivity index (χ0) is 18.6. The Hall–Kier alpha value is -2.34. The highest BCUT2D eigenvalue weighted by Gasteiger charge is 2.01. The highest BCUT2D eigenvalue weighted by Crippen LogP contribution is 2.16. The van der Waals surface area contributed by atoms with Crippen LogP contribution >= 0.6 is 15.9 Å². The van der Waals surface area contributed by atoms with Crippen molar-refractivity contribution in [2.24, 2.45) is 5.10 Å². The van der Waals surface area contributed by atoms with Gasteiger partial charge in [0.1, 0.15) is 11.5 Å². The van der Waals surface area contributed by atoms with Crippen LogP contribution in [0.2, 0.25) is 0 Å². The Morgan fingerprint density at radius 3 is 2.38 bits per heavy atom. The molecule has 0 atom stereocenters. The van der Waals surface area contributed by atoms with Gasteiger partial charge in [0, 0.05) is 4.47 Å². The molecule has 138 valence electrons. The normalized spacial score (nSPS) is 10.7. The van der Waals surface area contributed by atoms with Gasteiger partial charge in [0.15, 0.2) is 6.61 Å². The number of hydrogen-bond donors (Lipinski definition) is 1. The van der Waals surface area contributed by atoms with Gasteiger partial charge in [-0.05, 0) is 60.5 Å². The van der Waals surface area contributed by atoms with Gasteiger partial charge in [-0.3, -0.25) is 4.79 Å². The monoisotopic (exact) mass is 418 g/mol. The minimum absolute atomic E-state index is 0.0937. The first kappa shape index (κ1) is 20.0. The Balaban J connectivity index is 1.70. The Labute approximate surface area is 162 Å². The van der Waals surface area contributed by atoms with Crippen molar-refractivity contribution in [3.63, 3.8) is 0 Å². The molecule has 2 rings (SSSR count). The molecule has 0 heterocycles. The Morgan fingerprint density at radius 2 is 1.69 bits per heavy atom. The van der Waals surface area contributed by atoms with Crippen LogP contribution in [0.5, 0.6) is 11.5 Å². The predicted octanol–water partition coefficient (Wildman–Crippen LogP) is 4.55. The third kappa shape index (κ3) is 7.70. The van der Waals surface area contributed by atoms with E-state index in [2.05, 4.69) is 33.4 Å². The molecular formula is C20H23BrN2O3. The maximum atomic E-state index is 11.7. The minimum Gasteiger partial charge on any atom is -0.494 e. The molecule has 26 heavy (non-hydrogen) atoms. The number of carbonyl (C=O) groups excluding carboxylic acids is 1. The fraction of sp³-hybridized carbons (Fsp3) is 0.300. The van der Waals surface area contributed by atoms with Crippen LogP contribution in [-0.2, 0) is 4.79 Å². The molecule has 0 saturated carbocycles. The first-order valence-corrected chi connectivity index (χ1v) is 9.40. The van der Waals surface area contributed by atoms with Gasteiger partial charge in [0.05, 0.1) is 12.8 Å². The Kier molecular flexibility index (Phi) is 8.69. The van der Waals surface area contributed by atoms with Crippen LogP contribution < -0.4 is 14.9 Å². The van der Waals surface area contributed by atoms with Gasteiger partial charge in [0.25, 0.3) is 5.91 Å². The third-order valence-electron chi connectivity index (χ3n) is 3.48. The highest BCUT2D eigenvalue weighted by molar-refractivity contribution is 9.10. The summed E-state index contributed by atoms with van der Waals surface area (Å²) < 4.78 is 12.0. The largest absolute Gasteiger partial charge is 0.494 e. The number of ether oxygens (including phenoxy) is 2. The lowest BCUT2D eigenvalue weighted by atomic mass is 10.2. The number of benzene rings is 2. The minimum atomic E-state index is -0.319. The molecule has 1 N–H and O–H groups in total. The SMILES string of the molecule is CCCCCOc1ccc(/C=N/NC(=O)COc2ccc(Br)cc2)cc1. The van der Waals surface area contributed by atoms with Crippen LogP contribution in [0.1, 0.15) is 31.7 Å². The van der Waals surface area contributed by atoms with Gasteiger partial charge in [-0.2, -0.15) is 5.10 Å². The number of unbranched alkanes of at least 4 members (excludes halogenated alkanes) is 2. The van der Waals surface area contributed by atoms with E-state index in [4.69, 9.17) is 9.47 Å². The van der Waals surface area contributed by atoms with Crippen molar-refractivity contribution in [1.82, 2.24) is 5.43 Å². The second kappa shape index (κ2) is 11.3. The van der Waals surface area contributed by atoms with Crippen molar-refractivity contribution in [3.8, 4) is 11.5 Å². The van der Waals surface area contributed by atoms with Crippen molar-refractivity contribution in [2.75, 3.05) is 13.2 Å². The van der Waals surface area contributed by atoms with Crippen molar-refractivity contribution in [2.45, 2.75) is 26.2 Å². The molecule has 0 spiro atoms. The lowest BCUT2D eigenvalue weighted by molar-refractivity contribution is -0.123. The maximum Gasteiger partial charge on any atom is 0.277 e. The van der Waals surface area contributed by atoms with Gasteiger partial charge < -0.3 is 9.47 Å². The van der Waals surface area contributed by atoms with Gasteiger partial charge in [-0.15, -0.1) is 0 Å². The van der Waals surface area contributed by atoms with Crippen LogP contribution in [0.15, 0.2) is 58.1 Å². The zero-order valence-corrected chi connectivity index (χ0v) is 16.4. The average molecular weight is 419 g/mol. The summed E-state index contributed by atoms with van der Waals surface area (Å²) in [5.41, 5.74) is 3.32. The van der Waals surface area contributed by atoms with Crippen LogP contribution in [0.3, 0.4) is 0 Å². The van der Waals surface area contributed by atoms with E-state index < -0.39 is 0 Å². The predicted molar refractivity (Wildman–Crippen MR) is 107 cm³/mol. The molecule has 2 aromatic carbocycles. The summed E-state index contributed by atoms with van der Waals surface area (Å²) in [6.45, 7) is 2.80. The fourth-order valence-electron chi connectivity index (χ4n) is 2.08. The molecule has 0 aliphatic carbocycles. The summed E-state index contributed by atoms with van der Waals surface area (Å²) in [5.74, 6) is 1.15. The smallest absolute Gasteiger partial charge is 0.277 e. The molecule has 0 radical (unpaired) electrons. The molecule has 0 unspecified atom stereocenters. The van der Waals surface area contributed by atoms with Crippen molar-refractivity contribution in [1.29, 1.82) is 0 Å². The quantitative estimate of drug-likeness (QED) is 0.349. The molecule has 0 bridgehead atoms. The summed E-state index contributed by atoms with van der Waals surface area (Å²) in [5, 5.41) is 3.93. The van der Waals surface area contributed by atoms with Crippen LogP contribution in [0.25, 0.3) is 0 Å². The summed E-state index contributed by atoms with van der Waals surface area (Å²) in [6, 6.07) is 14.8. The maximum absolute atomic E-state index is 11.7. The molecule has 0 aliphatic heterocycles. The van der Waals surface area contributed by atoms with Gasteiger partial charge in [0.2, 0.25) is 0 Å². The van der Waals surface area contributed by atoms with E-state index in [0.29, 0.717) is 5.75 Å². The number of nitrogens with one attached hydrogen (secondary N) is 1. The lowest BCUT2D eigenvalue weighted by Gasteiger charge is -2.06. The van der Waals surface area contributed by atoms with Gasteiger partial charge >= 0.3 is 0 Å². The number of halogens is 1. The summed E-state index contributed by atoms with van der Waals surface area (Å²) >= 11 is 3.34. The highest BCUT2D eigenvalue weighted by atomic mass is 79.9. The van der Waals surface area contributed by atoms with Crippen LogP contribution in [0, 0.1) is 0 Å². The van der Waals surface area contributed by atoms with E-state index in [0.717, 1.165) is 28.8 Å². The lowest BCUT2D eigenvalue weighted by Crippen LogP contribution is -2.24. The summed E-state index contributed by atoms with van der Waals surface area (Å²) in [4.78, 5) is 11.7. The van der Waals surface area contributed by atoms with Crippen LogP contribution in [-0.4, -0.2) is 25.3 Å². The second-order valence-electron chi connectivity index (χ2n) is 5.66. The Morgan fingerprint density at radius 1 is 1.04 bits per heavy atom. The molecule has 5 nitrogen and oxygen atoms in total. The molecular weight excluding hydrogens is 396 g/mol.